The zero-order chi connectivity index (χ0) is 47.0. The number of benzene rings is 7. The maximum Gasteiger partial charge on any atom is 0.190 e. The molecule has 7 aromatic carbocycles. The number of phenolic OH excluding ortho intramolecular Hbond substituents is 1. The summed E-state index contributed by atoms with van der Waals surface area (Å²) in [6.45, 7) is 27.8. The predicted octanol–water partition coefficient (Wildman–Crippen LogP) is 16.3. The standard InChI is InChI=1S/C61H55N5O/c1-59(2,3)42-30-40(29-41(31-42)52-32-39(27-28-63-52)38-23-25-50-49-19-14-15-21-53(49)65(55(50)33-38)46-17-12-11-13-18-46)48-20-16-22-54-57(48)64-58(51-26-24-45(62-10)37-56(51)67)66(54)47-35-43(60(4,5)6)34-44(36-47)61(7,8)9/h11-37,67H,1-9H3. The molecule has 330 valence electrons. The van der Waals surface area contributed by atoms with E-state index in [2.05, 4.69) is 216 Å². The number of hydrogen-bond acceptors (Lipinski definition) is 3. The third-order valence-electron chi connectivity index (χ3n) is 13.1. The van der Waals surface area contributed by atoms with E-state index < -0.39 is 0 Å². The molecule has 0 fully saturated rings. The van der Waals surface area contributed by atoms with E-state index in [1.807, 2.05) is 12.3 Å². The third kappa shape index (κ3) is 7.85. The molecule has 67 heavy (non-hydrogen) atoms. The van der Waals surface area contributed by atoms with Crippen molar-refractivity contribution in [3.63, 3.8) is 0 Å². The zero-order valence-electron chi connectivity index (χ0n) is 39.8. The van der Waals surface area contributed by atoms with Crippen LogP contribution in [0.1, 0.15) is 79.0 Å². The molecular formula is C61H55N5O. The van der Waals surface area contributed by atoms with Gasteiger partial charge in [-0.05, 0) is 122 Å². The van der Waals surface area contributed by atoms with Crippen LogP contribution in [0.5, 0.6) is 5.75 Å². The van der Waals surface area contributed by atoms with E-state index in [4.69, 9.17) is 16.5 Å². The van der Waals surface area contributed by atoms with Gasteiger partial charge in [0, 0.05) is 39.5 Å². The largest absolute Gasteiger partial charge is 0.509 e. The second-order valence-electron chi connectivity index (χ2n) is 20.9. The minimum absolute atomic E-state index is 0.0123. The molecule has 6 nitrogen and oxygen atoms in total. The summed E-state index contributed by atoms with van der Waals surface area (Å²) in [5, 5.41) is 14.0. The highest BCUT2D eigenvalue weighted by atomic mass is 16.3. The molecule has 0 radical (unpaired) electrons. The number of fused-ring (bicyclic) bond motifs is 4. The molecule has 1 N–H and O–H groups in total. The summed E-state index contributed by atoms with van der Waals surface area (Å²) in [6.07, 6.45) is 1.92. The van der Waals surface area contributed by atoms with Gasteiger partial charge in [0.1, 0.15) is 11.6 Å². The zero-order valence-corrected chi connectivity index (χ0v) is 39.8. The monoisotopic (exact) mass is 873 g/mol. The van der Waals surface area contributed by atoms with Gasteiger partial charge in [-0.2, -0.15) is 0 Å². The Bertz CT molecular complexity index is 3570. The quantitative estimate of drug-likeness (QED) is 0.169. The molecule has 3 aromatic heterocycles. The van der Waals surface area contributed by atoms with Crippen molar-refractivity contribution < 1.29 is 5.11 Å². The maximum atomic E-state index is 11.6. The van der Waals surface area contributed by atoms with Crippen LogP contribution in [0.4, 0.5) is 5.69 Å². The van der Waals surface area contributed by atoms with Crippen molar-refractivity contribution in [3.05, 3.63) is 192 Å². The Morgan fingerprint density at radius 3 is 1.82 bits per heavy atom. The fraction of sp³-hybridized carbons (Fsp3) is 0.197. The van der Waals surface area contributed by atoms with Crippen LogP contribution in [0.25, 0.3) is 94.0 Å². The van der Waals surface area contributed by atoms with Gasteiger partial charge in [0.15, 0.2) is 5.69 Å². The second kappa shape index (κ2) is 16.0. The van der Waals surface area contributed by atoms with Gasteiger partial charge in [-0.1, -0.05) is 147 Å². The summed E-state index contributed by atoms with van der Waals surface area (Å²) in [4.78, 5) is 14.1. The Balaban J connectivity index is 1.16. The third-order valence-corrected chi connectivity index (χ3v) is 13.1. The van der Waals surface area contributed by atoms with Crippen LogP contribution in [0.15, 0.2) is 164 Å². The van der Waals surface area contributed by atoms with Crippen LogP contribution in [0, 0.1) is 6.57 Å². The van der Waals surface area contributed by atoms with Gasteiger partial charge in [-0.25, -0.2) is 9.83 Å². The van der Waals surface area contributed by atoms with Crippen LogP contribution in [-0.4, -0.2) is 24.2 Å². The fourth-order valence-corrected chi connectivity index (χ4v) is 9.30. The van der Waals surface area contributed by atoms with E-state index in [1.54, 1.807) is 6.07 Å². The van der Waals surface area contributed by atoms with E-state index in [-0.39, 0.29) is 22.0 Å². The Morgan fingerprint density at radius 2 is 1.12 bits per heavy atom. The summed E-state index contributed by atoms with van der Waals surface area (Å²) in [5.41, 5.74) is 16.3. The van der Waals surface area contributed by atoms with Crippen LogP contribution in [0.2, 0.25) is 0 Å². The van der Waals surface area contributed by atoms with Crippen LogP contribution in [0.3, 0.4) is 0 Å². The van der Waals surface area contributed by atoms with E-state index in [0.717, 1.165) is 61.4 Å². The number of pyridine rings is 1. The maximum absolute atomic E-state index is 11.6. The highest BCUT2D eigenvalue weighted by molar-refractivity contribution is 6.10. The van der Waals surface area contributed by atoms with Crippen LogP contribution < -0.4 is 0 Å². The fourth-order valence-electron chi connectivity index (χ4n) is 9.30. The number of aromatic nitrogens is 4. The lowest BCUT2D eigenvalue weighted by Gasteiger charge is -2.27. The lowest BCUT2D eigenvalue weighted by molar-refractivity contribution is 0.477. The SMILES string of the molecule is [C-]#[N+]c1ccc(-c2nc3c(-c4cc(-c5cc(-c6ccc7c8ccccc8n(-c8ccccc8)c7c6)ccn5)cc(C(C)(C)C)c4)cccc3n2-c2cc(C(C)(C)C)cc(C(C)(C)C)c2)c(O)c1. The summed E-state index contributed by atoms with van der Waals surface area (Å²) >= 11 is 0. The lowest BCUT2D eigenvalue weighted by Crippen LogP contribution is -2.17. The number of imidazole rings is 1. The molecule has 10 rings (SSSR count). The van der Waals surface area contributed by atoms with Crippen LogP contribution in [-0.2, 0) is 16.2 Å². The van der Waals surface area contributed by atoms with E-state index >= 15 is 0 Å². The number of phenols is 1. The molecule has 0 spiro atoms. The number of aromatic hydroxyl groups is 1. The summed E-state index contributed by atoms with van der Waals surface area (Å²) in [6, 6.07) is 55.4. The first-order chi connectivity index (χ1) is 32.0. The van der Waals surface area contributed by atoms with Crippen molar-refractivity contribution in [3.8, 4) is 62.0 Å². The number of para-hydroxylation sites is 3. The number of nitrogens with zero attached hydrogens (tertiary/aromatic N) is 5. The summed E-state index contributed by atoms with van der Waals surface area (Å²) in [7, 11) is 0. The van der Waals surface area contributed by atoms with Crippen molar-refractivity contribution >= 4 is 38.5 Å². The molecule has 0 saturated heterocycles. The lowest BCUT2D eigenvalue weighted by atomic mass is 9.80. The van der Waals surface area contributed by atoms with E-state index in [1.165, 1.54) is 39.0 Å². The first-order valence-electron chi connectivity index (χ1n) is 23.1. The van der Waals surface area contributed by atoms with Crippen molar-refractivity contribution in [1.82, 2.24) is 19.1 Å². The topological polar surface area (TPSA) is 60.2 Å². The molecular weight excluding hydrogens is 819 g/mol. The average Bonchev–Trinajstić information content (AvgIpc) is 3.86. The van der Waals surface area contributed by atoms with Gasteiger partial charge in [0.2, 0.25) is 0 Å². The van der Waals surface area contributed by atoms with Gasteiger partial charge < -0.3 is 9.67 Å². The number of hydrogen-bond donors (Lipinski definition) is 1. The van der Waals surface area contributed by atoms with Gasteiger partial charge in [0.05, 0.1) is 39.9 Å². The Hall–Kier alpha value is -7.75. The first kappa shape index (κ1) is 43.2. The molecule has 6 heteroatoms. The normalized spacial score (nSPS) is 12.3. The second-order valence-corrected chi connectivity index (χ2v) is 20.9. The van der Waals surface area contributed by atoms with Crippen molar-refractivity contribution in [2.24, 2.45) is 0 Å². The first-order valence-corrected chi connectivity index (χ1v) is 23.1. The molecule has 0 unspecified atom stereocenters. The van der Waals surface area contributed by atoms with E-state index in [9.17, 15) is 5.11 Å². The molecule has 0 amide bonds. The highest BCUT2D eigenvalue weighted by Crippen LogP contribution is 2.43. The van der Waals surface area contributed by atoms with Crippen LogP contribution >= 0.6 is 0 Å². The van der Waals surface area contributed by atoms with Gasteiger partial charge in [0.25, 0.3) is 0 Å². The molecule has 0 aliphatic rings. The minimum Gasteiger partial charge on any atom is -0.509 e. The number of rotatable bonds is 6. The predicted molar refractivity (Wildman–Crippen MR) is 279 cm³/mol. The smallest absolute Gasteiger partial charge is 0.190 e. The molecule has 3 heterocycles. The molecule has 0 bridgehead atoms. The van der Waals surface area contributed by atoms with Gasteiger partial charge in [-0.15, -0.1) is 0 Å². The van der Waals surface area contributed by atoms with Crippen molar-refractivity contribution in [2.75, 3.05) is 0 Å². The molecule has 0 atom stereocenters. The Labute approximate surface area is 393 Å². The Kier molecular flexibility index (Phi) is 10.3. The van der Waals surface area contributed by atoms with Crippen molar-refractivity contribution in [1.29, 1.82) is 0 Å². The summed E-state index contributed by atoms with van der Waals surface area (Å²) < 4.78 is 4.54. The molecule has 0 aliphatic carbocycles. The molecule has 10 aromatic rings. The van der Waals surface area contributed by atoms with Crippen molar-refractivity contribution in [2.45, 2.75) is 78.6 Å². The highest BCUT2D eigenvalue weighted by Gasteiger charge is 2.26. The Morgan fingerprint density at radius 1 is 0.478 bits per heavy atom. The average molecular weight is 874 g/mol. The summed E-state index contributed by atoms with van der Waals surface area (Å²) in [5.74, 6) is 0.616. The molecule has 0 aliphatic heterocycles. The van der Waals surface area contributed by atoms with E-state index in [0.29, 0.717) is 17.1 Å². The van der Waals surface area contributed by atoms with Gasteiger partial charge in [-0.3, -0.25) is 9.55 Å². The van der Waals surface area contributed by atoms with Gasteiger partial charge >= 0.3 is 0 Å². The molecule has 0 saturated carbocycles. The minimum atomic E-state index is -0.177.